The Morgan fingerprint density at radius 1 is 1.14 bits per heavy atom. The average Bonchev–Trinajstić information content (AvgIpc) is 2.64. The van der Waals surface area contributed by atoms with E-state index >= 15 is 0 Å². The number of carbonyl (C=O) groups excluding carboxylic acids is 2. The van der Waals surface area contributed by atoms with Crippen LogP contribution in [0.3, 0.4) is 0 Å². The molecule has 112 valence electrons. The Balaban J connectivity index is 1.93. The van der Waals surface area contributed by atoms with E-state index in [0.29, 0.717) is 24.1 Å². The Morgan fingerprint density at radius 3 is 2.68 bits per heavy atom. The van der Waals surface area contributed by atoms with Crippen molar-refractivity contribution in [2.24, 2.45) is 0 Å². The van der Waals surface area contributed by atoms with Gasteiger partial charge in [-0.1, -0.05) is 36.4 Å². The summed E-state index contributed by atoms with van der Waals surface area (Å²) in [6, 6.07) is 15.1. The van der Waals surface area contributed by atoms with Crippen LogP contribution in [0.5, 0.6) is 0 Å². The molecule has 0 radical (unpaired) electrons. The molecule has 0 saturated carbocycles. The topological polar surface area (TPSA) is 58.2 Å². The third kappa shape index (κ3) is 3.01. The molecule has 1 aliphatic heterocycles. The minimum absolute atomic E-state index is 0.00748. The zero-order valence-electron chi connectivity index (χ0n) is 12.4. The number of hydrogen-bond acceptors (Lipinski definition) is 3. The number of amides is 1. The van der Waals surface area contributed by atoms with Gasteiger partial charge >= 0.3 is 0 Å². The summed E-state index contributed by atoms with van der Waals surface area (Å²) >= 11 is 0. The van der Waals surface area contributed by atoms with Crippen LogP contribution in [-0.2, 0) is 11.2 Å². The smallest absolute Gasteiger partial charge is 0.226 e. The molecule has 0 unspecified atom stereocenters. The lowest BCUT2D eigenvalue weighted by Crippen LogP contribution is -2.19. The van der Waals surface area contributed by atoms with E-state index in [0.717, 1.165) is 11.3 Å². The lowest BCUT2D eigenvalue weighted by atomic mass is 10.0. The van der Waals surface area contributed by atoms with Crippen LogP contribution in [0.25, 0.3) is 0 Å². The fourth-order valence-electron chi connectivity index (χ4n) is 2.70. The third-order valence-electron chi connectivity index (χ3n) is 3.73. The highest BCUT2D eigenvalue weighted by atomic mass is 16.1. The second-order valence-corrected chi connectivity index (χ2v) is 5.61. The lowest BCUT2D eigenvalue weighted by molar-refractivity contribution is -0.116. The number of fused-ring (bicyclic) bond motifs is 1. The molecule has 4 heteroatoms. The maximum absolute atomic E-state index is 12.6. The molecule has 1 amide bonds. The molecule has 1 aliphatic rings. The quantitative estimate of drug-likeness (QED) is 0.854. The van der Waals surface area contributed by atoms with Gasteiger partial charge in [0.2, 0.25) is 5.91 Å². The first-order valence-corrected chi connectivity index (χ1v) is 7.40. The maximum atomic E-state index is 12.6. The normalized spacial score (nSPS) is 17.0. The van der Waals surface area contributed by atoms with E-state index in [1.54, 1.807) is 12.1 Å². The Labute approximate surface area is 129 Å². The van der Waals surface area contributed by atoms with Crippen LogP contribution in [0.1, 0.15) is 29.3 Å². The zero-order chi connectivity index (χ0) is 15.5. The van der Waals surface area contributed by atoms with E-state index in [4.69, 9.17) is 0 Å². The van der Waals surface area contributed by atoms with Crippen LogP contribution in [0.2, 0.25) is 0 Å². The highest BCUT2D eigenvalue weighted by Gasteiger charge is 2.22. The van der Waals surface area contributed by atoms with Gasteiger partial charge in [0.1, 0.15) is 0 Å². The Hall–Kier alpha value is -2.62. The number of nitrogens with one attached hydrogen (secondary N) is 2. The molecular weight excluding hydrogens is 276 g/mol. The molecule has 0 saturated heterocycles. The predicted octanol–water partition coefficient (Wildman–Crippen LogP) is 3.25. The summed E-state index contributed by atoms with van der Waals surface area (Å²) in [4.78, 5) is 24.4. The van der Waals surface area contributed by atoms with Crippen LogP contribution < -0.4 is 10.6 Å². The number of para-hydroxylation sites is 1. The number of rotatable bonds is 3. The molecule has 2 aromatic carbocycles. The number of carbonyl (C=O) groups is 2. The first kappa shape index (κ1) is 14.3. The van der Waals surface area contributed by atoms with Gasteiger partial charge in [-0.15, -0.1) is 0 Å². The standard InChI is InChI=1S/C18H18N2O2/c1-12-10-17(22)20-15-9-5-8-14(18(15)19-12)16(21)11-13-6-3-2-4-7-13/h2-9,12,19H,10-11H2,1H3,(H,20,22)/t12-/m1/s1. The highest BCUT2D eigenvalue weighted by molar-refractivity contribution is 6.07. The largest absolute Gasteiger partial charge is 0.380 e. The number of ketones is 1. The van der Waals surface area contributed by atoms with Gasteiger partial charge in [0.25, 0.3) is 0 Å². The van der Waals surface area contributed by atoms with Gasteiger partial charge in [-0.3, -0.25) is 9.59 Å². The monoisotopic (exact) mass is 294 g/mol. The van der Waals surface area contributed by atoms with Crippen molar-refractivity contribution in [1.29, 1.82) is 0 Å². The fourth-order valence-corrected chi connectivity index (χ4v) is 2.70. The van der Waals surface area contributed by atoms with Gasteiger partial charge in [0.15, 0.2) is 5.78 Å². The van der Waals surface area contributed by atoms with E-state index in [2.05, 4.69) is 10.6 Å². The number of benzene rings is 2. The van der Waals surface area contributed by atoms with E-state index in [1.807, 2.05) is 43.3 Å². The van der Waals surface area contributed by atoms with Crippen LogP contribution in [0.4, 0.5) is 11.4 Å². The molecule has 2 aromatic rings. The number of anilines is 2. The average molecular weight is 294 g/mol. The Morgan fingerprint density at radius 2 is 1.91 bits per heavy atom. The Bertz CT molecular complexity index is 710. The molecule has 0 bridgehead atoms. The van der Waals surface area contributed by atoms with Gasteiger partial charge in [0, 0.05) is 24.4 Å². The van der Waals surface area contributed by atoms with Gasteiger partial charge in [-0.25, -0.2) is 0 Å². The summed E-state index contributed by atoms with van der Waals surface area (Å²) in [7, 11) is 0. The minimum Gasteiger partial charge on any atom is -0.380 e. The van der Waals surface area contributed by atoms with Crippen molar-refractivity contribution in [3.8, 4) is 0 Å². The second-order valence-electron chi connectivity index (χ2n) is 5.61. The van der Waals surface area contributed by atoms with Crippen molar-refractivity contribution in [2.75, 3.05) is 10.6 Å². The molecule has 0 aromatic heterocycles. The number of hydrogen-bond donors (Lipinski definition) is 2. The van der Waals surface area contributed by atoms with E-state index in [1.165, 1.54) is 0 Å². The molecule has 4 nitrogen and oxygen atoms in total. The van der Waals surface area contributed by atoms with Crippen LogP contribution in [0.15, 0.2) is 48.5 Å². The molecule has 1 atom stereocenters. The lowest BCUT2D eigenvalue weighted by Gasteiger charge is -2.15. The molecule has 22 heavy (non-hydrogen) atoms. The first-order valence-electron chi connectivity index (χ1n) is 7.40. The first-order chi connectivity index (χ1) is 10.6. The molecule has 3 rings (SSSR count). The summed E-state index contributed by atoms with van der Waals surface area (Å²) < 4.78 is 0. The van der Waals surface area contributed by atoms with Gasteiger partial charge < -0.3 is 10.6 Å². The van der Waals surface area contributed by atoms with Crippen molar-refractivity contribution in [2.45, 2.75) is 25.8 Å². The maximum Gasteiger partial charge on any atom is 0.226 e. The summed E-state index contributed by atoms with van der Waals surface area (Å²) in [5, 5.41) is 6.14. The van der Waals surface area contributed by atoms with E-state index in [9.17, 15) is 9.59 Å². The van der Waals surface area contributed by atoms with Crippen molar-refractivity contribution in [3.05, 3.63) is 59.7 Å². The minimum atomic E-state index is -0.0357. The second kappa shape index (κ2) is 6.02. The molecule has 1 heterocycles. The van der Waals surface area contributed by atoms with Crippen molar-refractivity contribution in [3.63, 3.8) is 0 Å². The van der Waals surface area contributed by atoms with Gasteiger partial charge in [0.05, 0.1) is 11.4 Å². The molecule has 2 N–H and O–H groups in total. The summed E-state index contributed by atoms with van der Waals surface area (Å²) in [6.45, 7) is 1.94. The SMILES string of the molecule is C[C@@H]1CC(=O)Nc2cccc(C(=O)Cc3ccccc3)c2N1. The third-order valence-corrected chi connectivity index (χ3v) is 3.73. The molecule has 0 spiro atoms. The fraction of sp³-hybridized carbons (Fsp3) is 0.222. The van der Waals surface area contributed by atoms with Crippen molar-refractivity contribution in [1.82, 2.24) is 0 Å². The van der Waals surface area contributed by atoms with Gasteiger partial charge in [-0.2, -0.15) is 0 Å². The van der Waals surface area contributed by atoms with Gasteiger partial charge in [-0.05, 0) is 24.6 Å². The highest BCUT2D eigenvalue weighted by Crippen LogP contribution is 2.30. The zero-order valence-corrected chi connectivity index (χ0v) is 12.4. The van der Waals surface area contributed by atoms with Crippen LogP contribution in [0, 0.1) is 0 Å². The molecule has 0 aliphatic carbocycles. The summed E-state index contributed by atoms with van der Waals surface area (Å²) in [5.74, 6) is 0.00491. The summed E-state index contributed by atoms with van der Waals surface area (Å²) in [5.41, 5.74) is 3.00. The summed E-state index contributed by atoms with van der Waals surface area (Å²) in [6.07, 6.45) is 0.738. The van der Waals surface area contributed by atoms with Crippen LogP contribution >= 0.6 is 0 Å². The Kier molecular flexibility index (Phi) is 3.92. The molecule has 0 fully saturated rings. The van der Waals surface area contributed by atoms with Crippen molar-refractivity contribution >= 4 is 23.1 Å². The molecular formula is C18H18N2O2. The van der Waals surface area contributed by atoms with E-state index in [-0.39, 0.29) is 17.7 Å². The van der Waals surface area contributed by atoms with E-state index < -0.39 is 0 Å². The predicted molar refractivity (Wildman–Crippen MR) is 87.2 cm³/mol. The van der Waals surface area contributed by atoms with Crippen molar-refractivity contribution < 1.29 is 9.59 Å². The van der Waals surface area contributed by atoms with Crippen LogP contribution in [-0.4, -0.2) is 17.7 Å². The number of Topliss-reactive ketones (excluding diaryl/α,β-unsaturated/α-hetero) is 1.